The van der Waals surface area contributed by atoms with Gasteiger partial charge in [-0.3, -0.25) is 28.8 Å². The van der Waals surface area contributed by atoms with Crippen molar-refractivity contribution in [1.29, 1.82) is 0 Å². The van der Waals surface area contributed by atoms with Gasteiger partial charge in [0.1, 0.15) is 36.6 Å². The number of ether oxygens (including phenoxy) is 4. The molecule has 372 valence electrons. The highest BCUT2D eigenvalue weighted by atomic mass is 16.5. The fourth-order valence-electron chi connectivity index (χ4n) is 6.52. The molecule has 3 amide bonds. The Balaban J connectivity index is 0. The molecule has 0 aliphatic rings. The second-order valence-electron chi connectivity index (χ2n) is 16.1. The summed E-state index contributed by atoms with van der Waals surface area (Å²) in [4.78, 5) is 91.7. The first-order chi connectivity index (χ1) is 30.8. The Bertz CT molecular complexity index is 1270. The lowest BCUT2D eigenvalue weighted by Crippen LogP contribution is -2.41. The molecule has 0 spiro atoms. The van der Waals surface area contributed by atoms with E-state index in [4.69, 9.17) is 24.1 Å². The van der Waals surface area contributed by atoms with Crippen LogP contribution < -0.4 is 16.0 Å². The van der Waals surface area contributed by atoms with E-state index in [9.17, 15) is 43.5 Å². The standard InChI is InChI=1S/C29H52N2O9.C18H33NO5/c1-30-27(34)23-40-22-21-39-20-14-15-24(32)18-19-25(29(37)38)31-26(33)16-12-10-8-6-4-2-3-5-7-9-11-13-17-28(35)36;1-4-16(17(21)10-7-8-15(2)20)9-5-6-11-19-18(22)14-24-13-12-23-3/h25H,2-23H2,1H3,(H,30,34)(H,31,33)(H,35,36)(H,37,38);16H,4-14H2,1-3H3,(H,19,22)/t25-;16-/m00/s1. The van der Waals surface area contributed by atoms with E-state index in [0.717, 1.165) is 70.6 Å². The Morgan fingerprint density at radius 3 is 1.64 bits per heavy atom. The number of carboxylic acid groups (broad SMARTS) is 2. The largest absolute Gasteiger partial charge is 0.481 e. The third kappa shape index (κ3) is 44.8. The highest BCUT2D eigenvalue weighted by Crippen LogP contribution is 2.17. The summed E-state index contributed by atoms with van der Waals surface area (Å²) in [5, 5.41) is 25.8. The molecule has 5 N–H and O–H groups in total. The van der Waals surface area contributed by atoms with E-state index in [2.05, 4.69) is 16.0 Å². The highest BCUT2D eigenvalue weighted by molar-refractivity contribution is 5.85. The van der Waals surface area contributed by atoms with Crippen LogP contribution in [0.3, 0.4) is 0 Å². The van der Waals surface area contributed by atoms with Crippen LogP contribution in [0.1, 0.15) is 174 Å². The van der Waals surface area contributed by atoms with Gasteiger partial charge in [0.25, 0.3) is 0 Å². The van der Waals surface area contributed by atoms with Crippen molar-refractivity contribution >= 4 is 47.0 Å². The Hall–Kier alpha value is -3.80. The molecule has 0 aliphatic carbocycles. The van der Waals surface area contributed by atoms with Crippen LogP contribution in [0.25, 0.3) is 0 Å². The molecule has 0 aromatic heterocycles. The molecule has 0 aromatic rings. The van der Waals surface area contributed by atoms with Crippen molar-refractivity contribution in [1.82, 2.24) is 16.0 Å². The van der Waals surface area contributed by atoms with Gasteiger partial charge in [-0.25, -0.2) is 4.79 Å². The average molecular weight is 916 g/mol. The van der Waals surface area contributed by atoms with Gasteiger partial charge < -0.3 is 49.9 Å². The first-order valence-electron chi connectivity index (χ1n) is 23.7. The van der Waals surface area contributed by atoms with Crippen LogP contribution >= 0.6 is 0 Å². The zero-order valence-electron chi connectivity index (χ0n) is 39.8. The maximum Gasteiger partial charge on any atom is 0.326 e. The quantitative estimate of drug-likeness (QED) is 0.0421. The van der Waals surface area contributed by atoms with E-state index in [1.54, 1.807) is 14.0 Å². The smallest absolute Gasteiger partial charge is 0.326 e. The summed E-state index contributed by atoms with van der Waals surface area (Å²) in [5.41, 5.74) is 0. The van der Waals surface area contributed by atoms with Crippen LogP contribution in [0.4, 0.5) is 0 Å². The molecule has 17 heteroatoms. The Morgan fingerprint density at radius 2 is 1.09 bits per heavy atom. The molecule has 0 aliphatic heterocycles. The van der Waals surface area contributed by atoms with Crippen LogP contribution in [0.2, 0.25) is 0 Å². The van der Waals surface area contributed by atoms with Crippen molar-refractivity contribution in [3.8, 4) is 0 Å². The average Bonchev–Trinajstić information content (AvgIpc) is 3.25. The third-order valence-corrected chi connectivity index (χ3v) is 10.4. The molecule has 2 atom stereocenters. The van der Waals surface area contributed by atoms with Crippen molar-refractivity contribution in [2.75, 3.05) is 67.0 Å². The molecule has 17 nitrogen and oxygen atoms in total. The molecule has 64 heavy (non-hydrogen) atoms. The summed E-state index contributed by atoms with van der Waals surface area (Å²) in [6.07, 6.45) is 19.1. The molecular formula is C47H85N3O14. The highest BCUT2D eigenvalue weighted by Gasteiger charge is 2.21. The van der Waals surface area contributed by atoms with E-state index in [0.29, 0.717) is 65.1 Å². The van der Waals surface area contributed by atoms with E-state index < -0.39 is 18.0 Å². The van der Waals surface area contributed by atoms with Crippen LogP contribution in [0, 0.1) is 5.92 Å². The maximum atomic E-state index is 12.2. The maximum absolute atomic E-state index is 12.2. The zero-order chi connectivity index (χ0) is 48.1. The summed E-state index contributed by atoms with van der Waals surface area (Å²) in [5.74, 6) is -2.09. The number of carbonyl (C=O) groups is 8. The summed E-state index contributed by atoms with van der Waals surface area (Å²) in [6, 6.07) is -1.07. The monoisotopic (exact) mass is 916 g/mol. The van der Waals surface area contributed by atoms with Gasteiger partial charge in [-0.1, -0.05) is 77.6 Å². The molecule has 0 aromatic carbocycles. The molecule has 0 bridgehead atoms. The van der Waals surface area contributed by atoms with Crippen molar-refractivity contribution < 1.29 is 67.5 Å². The van der Waals surface area contributed by atoms with Gasteiger partial charge in [0, 0.05) is 71.8 Å². The topological polar surface area (TPSA) is 250 Å². The Morgan fingerprint density at radius 1 is 0.531 bits per heavy atom. The minimum absolute atomic E-state index is 0.0256. The van der Waals surface area contributed by atoms with Crippen LogP contribution in [-0.4, -0.2) is 130 Å². The number of ketones is 3. The van der Waals surface area contributed by atoms with Crippen molar-refractivity contribution in [2.45, 2.75) is 180 Å². The molecule has 0 radical (unpaired) electrons. The number of hydrogen-bond acceptors (Lipinski definition) is 12. The number of likely N-dealkylation sites (N-methyl/N-ethyl adjacent to an activating group) is 1. The first-order valence-corrected chi connectivity index (χ1v) is 23.7. The predicted octanol–water partition coefficient (Wildman–Crippen LogP) is 6.30. The number of carboxylic acids is 2. The molecule has 0 saturated carbocycles. The minimum atomic E-state index is -1.14. The molecule has 0 saturated heterocycles. The van der Waals surface area contributed by atoms with Gasteiger partial charge in [-0.15, -0.1) is 0 Å². The molecule has 0 rings (SSSR count). The summed E-state index contributed by atoms with van der Waals surface area (Å²) in [7, 11) is 3.11. The SMILES string of the molecule is CC[C@@H](CCCCNC(=O)COCCOC)C(=O)CCCC(C)=O.CNC(=O)COCCOCCCC(=O)CC[C@H](NC(=O)CCCCCCCCCCCCCCC(=O)O)C(=O)O. The number of nitrogens with one attached hydrogen (secondary N) is 3. The van der Waals surface area contributed by atoms with Crippen LogP contribution in [-0.2, 0) is 57.3 Å². The summed E-state index contributed by atoms with van der Waals surface area (Å²) in [6.45, 7) is 6.05. The zero-order valence-corrected chi connectivity index (χ0v) is 39.8. The number of hydrogen-bond donors (Lipinski definition) is 5. The number of aliphatic carboxylic acids is 2. The Kier molecular flexibility index (Phi) is 44.5. The lowest BCUT2D eigenvalue weighted by atomic mass is 9.91. The number of methoxy groups -OCH3 is 1. The number of Topliss-reactive ketones (excluding diaryl/α,β-unsaturated/α-hetero) is 3. The van der Waals surface area contributed by atoms with Gasteiger partial charge in [0.05, 0.1) is 26.4 Å². The summed E-state index contributed by atoms with van der Waals surface area (Å²) >= 11 is 0. The first kappa shape index (κ1) is 62.3. The van der Waals surface area contributed by atoms with Crippen LogP contribution in [0.15, 0.2) is 0 Å². The molecule has 0 fully saturated rings. The van der Waals surface area contributed by atoms with Gasteiger partial charge in [-0.05, 0) is 58.3 Å². The van der Waals surface area contributed by atoms with Gasteiger partial charge in [0.2, 0.25) is 17.7 Å². The number of rotatable bonds is 45. The fraction of sp³-hybridized carbons (Fsp3) is 0.830. The van der Waals surface area contributed by atoms with E-state index in [1.165, 1.54) is 32.7 Å². The minimum Gasteiger partial charge on any atom is -0.481 e. The van der Waals surface area contributed by atoms with E-state index in [-0.39, 0.29) is 92.9 Å². The molecule has 0 unspecified atom stereocenters. The Labute approximate surface area is 383 Å². The molecule has 0 heterocycles. The fourth-order valence-corrected chi connectivity index (χ4v) is 6.52. The van der Waals surface area contributed by atoms with Crippen molar-refractivity contribution in [3.05, 3.63) is 0 Å². The van der Waals surface area contributed by atoms with E-state index in [1.807, 2.05) is 6.92 Å². The number of amides is 3. The van der Waals surface area contributed by atoms with Gasteiger partial charge in [-0.2, -0.15) is 0 Å². The number of carbonyl (C=O) groups excluding carboxylic acids is 6. The van der Waals surface area contributed by atoms with Gasteiger partial charge in [0.15, 0.2) is 0 Å². The van der Waals surface area contributed by atoms with Crippen LogP contribution in [0.5, 0.6) is 0 Å². The second kappa shape index (κ2) is 45.8. The lowest BCUT2D eigenvalue weighted by molar-refractivity contribution is -0.142. The van der Waals surface area contributed by atoms with Crippen molar-refractivity contribution in [3.63, 3.8) is 0 Å². The normalized spacial score (nSPS) is 11.8. The van der Waals surface area contributed by atoms with Crippen molar-refractivity contribution in [2.24, 2.45) is 5.92 Å². The second-order valence-corrected chi connectivity index (χ2v) is 16.1. The predicted molar refractivity (Wildman–Crippen MR) is 244 cm³/mol. The van der Waals surface area contributed by atoms with E-state index >= 15 is 0 Å². The summed E-state index contributed by atoms with van der Waals surface area (Å²) < 4.78 is 20.4. The third-order valence-electron chi connectivity index (χ3n) is 10.4. The number of unbranched alkanes of at least 4 members (excludes halogenated alkanes) is 12. The van der Waals surface area contributed by atoms with Gasteiger partial charge >= 0.3 is 11.9 Å². The lowest BCUT2D eigenvalue weighted by Gasteiger charge is -2.14. The molecular weight excluding hydrogens is 831 g/mol.